The number of fused-ring (bicyclic) bond motifs is 11. The molecule has 0 amide bonds. The lowest BCUT2D eigenvalue weighted by Gasteiger charge is -2.21. The Balaban J connectivity index is 1.10. The van der Waals surface area contributed by atoms with Gasteiger partial charge in [0.1, 0.15) is 0 Å². The lowest BCUT2D eigenvalue weighted by molar-refractivity contribution is 0.636. The summed E-state index contributed by atoms with van der Waals surface area (Å²) in [5, 5.41) is 9.69. The molecular formula is C57H38N4. The molecule has 0 aliphatic heterocycles. The van der Waals surface area contributed by atoms with Crippen LogP contribution < -0.4 is 0 Å². The lowest BCUT2D eigenvalue weighted by Crippen LogP contribution is -2.17. The van der Waals surface area contributed by atoms with Gasteiger partial charge in [-0.2, -0.15) is 0 Å². The van der Waals surface area contributed by atoms with E-state index in [9.17, 15) is 0 Å². The summed E-state index contributed by atoms with van der Waals surface area (Å²) in [6.45, 7) is 4.57. The zero-order valence-corrected chi connectivity index (χ0v) is 33.8. The molecule has 1 aliphatic carbocycles. The Morgan fingerprint density at radius 2 is 0.984 bits per heavy atom. The first kappa shape index (κ1) is 34.1. The number of rotatable bonds is 4. The molecule has 0 bridgehead atoms. The van der Waals surface area contributed by atoms with E-state index in [-0.39, 0.29) is 5.41 Å². The van der Waals surface area contributed by atoms with Crippen LogP contribution in [0.5, 0.6) is 0 Å². The number of aromatic nitrogens is 4. The standard InChI is InChI=1S/C57H38N4/c1-57(2)47-26-11-8-22-45(47)55-56(57)59-53(37-30-31-43-41-20-9-12-27-48(41)60(51(43)34-37)38-18-4-3-5-19-38)54(58-55)44-25-14-24-40-39(44)23-15-29-50(40)61-49-28-13-10-21-42(49)46-32-35-16-6-7-17-36(35)33-52(46)61/h3-34H,1-2H3. The molecule has 3 heterocycles. The zero-order chi connectivity index (χ0) is 40.4. The third kappa shape index (κ3) is 4.82. The van der Waals surface area contributed by atoms with Crippen molar-refractivity contribution in [3.05, 3.63) is 205 Å². The predicted molar refractivity (Wildman–Crippen MR) is 254 cm³/mol. The van der Waals surface area contributed by atoms with E-state index >= 15 is 0 Å². The summed E-state index contributed by atoms with van der Waals surface area (Å²) < 4.78 is 4.83. The monoisotopic (exact) mass is 778 g/mol. The zero-order valence-electron chi connectivity index (χ0n) is 33.8. The van der Waals surface area contributed by atoms with Crippen LogP contribution in [0.3, 0.4) is 0 Å². The minimum Gasteiger partial charge on any atom is -0.309 e. The number of benzene rings is 9. The van der Waals surface area contributed by atoms with Gasteiger partial charge < -0.3 is 9.13 Å². The van der Waals surface area contributed by atoms with Crippen LogP contribution in [0, 0.1) is 0 Å². The van der Waals surface area contributed by atoms with E-state index in [2.05, 4.69) is 217 Å². The van der Waals surface area contributed by atoms with Crippen molar-refractivity contribution in [2.75, 3.05) is 0 Å². The normalized spacial score (nSPS) is 13.2. The average Bonchev–Trinajstić information content (AvgIpc) is 3.89. The van der Waals surface area contributed by atoms with E-state index in [1.165, 1.54) is 54.4 Å². The molecule has 9 aromatic carbocycles. The van der Waals surface area contributed by atoms with Crippen LogP contribution in [0.1, 0.15) is 25.1 Å². The first-order valence-corrected chi connectivity index (χ1v) is 21.1. The lowest BCUT2D eigenvalue weighted by atomic mass is 9.85. The maximum absolute atomic E-state index is 5.74. The van der Waals surface area contributed by atoms with Crippen LogP contribution in [0.2, 0.25) is 0 Å². The Morgan fingerprint density at radius 3 is 1.82 bits per heavy atom. The Kier molecular flexibility index (Phi) is 7.04. The van der Waals surface area contributed by atoms with Crippen LogP contribution in [0.15, 0.2) is 194 Å². The van der Waals surface area contributed by atoms with Crippen LogP contribution in [-0.2, 0) is 5.41 Å². The van der Waals surface area contributed by atoms with Crippen LogP contribution >= 0.6 is 0 Å². The molecular weight excluding hydrogens is 741 g/mol. The third-order valence-corrected chi connectivity index (χ3v) is 13.2. The van der Waals surface area contributed by atoms with Crippen molar-refractivity contribution in [3.8, 4) is 45.1 Å². The van der Waals surface area contributed by atoms with E-state index in [0.29, 0.717) is 0 Å². The van der Waals surface area contributed by atoms with Crippen molar-refractivity contribution in [1.82, 2.24) is 19.1 Å². The number of hydrogen-bond donors (Lipinski definition) is 0. The quantitative estimate of drug-likeness (QED) is 0.178. The molecule has 4 nitrogen and oxygen atoms in total. The molecule has 4 heteroatoms. The summed E-state index contributed by atoms with van der Waals surface area (Å²) in [5.41, 5.74) is 14.9. The molecule has 0 saturated heterocycles. The van der Waals surface area contributed by atoms with Gasteiger partial charge in [-0.25, -0.2) is 9.97 Å². The van der Waals surface area contributed by atoms with Crippen LogP contribution in [0.4, 0.5) is 0 Å². The summed E-state index contributed by atoms with van der Waals surface area (Å²) in [4.78, 5) is 11.5. The topological polar surface area (TPSA) is 35.6 Å². The molecule has 0 unspecified atom stereocenters. The summed E-state index contributed by atoms with van der Waals surface area (Å²) in [5.74, 6) is 0. The van der Waals surface area contributed by atoms with Gasteiger partial charge in [0, 0.05) is 54.7 Å². The molecule has 12 aromatic rings. The fourth-order valence-electron chi connectivity index (χ4n) is 10.4. The van der Waals surface area contributed by atoms with Crippen molar-refractivity contribution >= 4 is 65.2 Å². The average molecular weight is 779 g/mol. The number of para-hydroxylation sites is 3. The molecule has 0 spiro atoms. The molecule has 13 rings (SSSR count). The van der Waals surface area contributed by atoms with Crippen molar-refractivity contribution in [2.24, 2.45) is 0 Å². The first-order chi connectivity index (χ1) is 30.0. The minimum atomic E-state index is -0.318. The molecule has 0 atom stereocenters. The first-order valence-electron chi connectivity index (χ1n) is 21.1. The van der Waals surface area contributed by atoms with E-state index < -0.39 is 0 Å². The highest BCUT2D eigenvalue weighted by Gasteiger charge is 2.39. The Labute approximate surface area is 352 Å². The Morgan fingerprint density at radius 1 is 0.377 bits per heavy atom. The van der Waals surface area contributed by atoms with Gasteiger partial charge >= 0.3 is 0 Å². The van der Waals surface area contributed by atoms with Gasteiger partial charge in [0.05, 0.1) is 50.5 Å². The second-order valence-corrected chi connectivity index (χ2v) is 17.0. The van der Waals surface area contributed by atoms with Crippen molar-refractivity contribution < 1.29 is 0 Å². The highest BCUT2D eigenvalue weighted by Crippen LogP contribution is 2.50. The summed E-state index contributed by atoms with van der Waals surface area (Å²) in [6, 6.07) is 70.5. The van der Waals surface area contributed by atoms with Crippen molar-refractivity contribution in [1.29, 1.82) is 0 Å². The predicted octanol–water partition coefficient (Wildman–Crippen LogP) is 14.6. The molecule has 0 saturated carbocycles. The second-order valence-electron chi connectivity index (χ2n) is 17.0. The van der Waals surface area contributed by atoms with Gasteiger partial charge in [-0.15, -0.1) is 0 Å². The van der Waals surface area contributed by atoms with Crippen LogP contribution in [-0.4, -0.2) is 19.1 Å². The molecule has 0 fully saturated rings. The number of nitrogens with zero attached hydrogens (tertiary/aromatic N) is 4. The van der Waals surface area contributed by atoms with Crippen molar-refractivity contribution in [3.63, 3.8) is 0 Å². The summed E-state index contributed by atoms with van der Waals surface area (Å²) >= 11 is 0. The van der Waals surface area contributed by atoms with E-state index in [0.717, 1.165) is 67.1 Å². The van der Waals surface area contributed by atoms with Gasteiger partial charge in [-0.05, 0) is 70.3 Å². The highest BCUT2D eigenvalue weighted by molar-refractivity contribution is 6.15. The Hall–Kier alpha value is -7.82. The third-order valence-electron chi connectivity index (χ3n) is 13.2. The number of hydrogen-bond acceptors (Lipinski definition) is 2. The van der Waals surface area contributed by atoms with E-state index in [1.807, 2.05) is 0 Å². The molecule has 286 valence electrons. The van der Waals surface area contributed by atoms with Crippen molar-refractivity contribution in [2.45, 2.75) is 19.3 Å². The molecule has 1 aliphatic rings. The molecule has 61 heavy (non-hydrogen) atoms. The molecule has 3 aromatic heterocycles. The maximum Gasteiger partial charge on any atom is 0.0979 e. The van der Waals surface area contributed by atoms with Crippen LogP contribution in [0.25, 0.3) is 110 Å². The van der Waals surface area contributed by atoms with Gasteiger partial charge in [0.25, 0.3) is 0 Å². The second kappa shape index (κ2) is 12.6. The minimum absolute atomic E-state index is 0.318. The maximum atomic E-state index is 5.74. The summed E-state index contributed by atoms with van der Waals surface area (Å²) in [7, 11) is 0. The molecule has 0 radical (unpaired) electrons. The van der Waals surface area contributed by atoms with Gasteiger partial charge in [-0.3, -0.25) is 0 Å². The van der Waals surface area contributed by atoms with E-state index in [4.69, 9.17) is 9.97 Å². The highest BCUT2D eigenvalue weighted by atomic mass is 15.0. The summed E-state index contributed by atoms with van der Waals surface area (Å²) in [6.07, 6.45) is 0. The smallest absolute Gasteiger partial charge is 0.0979 e. The Bertz CT molecular complexity index is 3790. The molecule has 0 N–H and O–H groups in total. The SMILES string of the molecule is CC1(C)c2ccccc2-c2nc(-c3cccc4c(-n5c6ccccc6c6cc7ccccc7cc65)cccc34)c(-c3ccc4c5ccccc5n(-c5ccccc5)c4c3)nc21. The van der Waals surface area contributed by atoms with Gasteiger partial charge in [-0.1, -0.05) is 159 Å². The largest absolute Gasteiger partial charge is 0.309 e. The fraction of sp³-hybridized carbons (Fsp3) is 0.0526. The fourth-order valence-corrected chi connectivity index (χ4v) is 10.4. The van der Waals surface area contributed by atoms with Gasteiger partial charge in [0.2, 0.25) is 0 Å². The van der Waals surface area contributed by atoms with Gasteiger partial charge in [0.15, 0.2) is 0 Å². The van der Waals surface area contributed by atoms with E-state index in [1.54, 1.807) is 0 Å².